The molecule has 162 valence electrons. The summed E-state index contributed by atoms with van der Waals surface area (Å²) in [4.78, 5) is 14.9. The number of rotatable bonds is 8. The highest BCUT2D eigenvalue weighted by Crippen LogP contribution is 2.17. The Labute approximate surface area is 178 Å². The summed E-state index contributed by atoms with van der Waals surface area (Å²) in [5.41, 5.74) is 1.95. The van der Waals surface area contributed by atoms with Crippen LogP contribution in [0.25, 0.3) is 0 Å². The predicted molar refractivity (Wildman–Crippen MR) is 117 cm³/mol. The Bertz CT molecular complexity index is 787. The highest BCUT2D eigenvalue weighted by atomic mass is 19.1. The monoisotopic (exact) mass is 413 g/mol. The number of amides is 2. The number of hydrogen-bond acceptors (Lipinski definition) is 3. The summed E-state index contributed by atoms with van der Waals surface area (Å²) in [6.07, 6.45) is 1.83. The maximum Gasteiger partial charge on any atom is 0.318 e. The van der Waals surface area contributed by atoms with E-state index in [4.69, 9.17) is 4.74 Å². The summed E-state index contributed by atoms with van der Waals surface area (Å²) in [5.74, 6) is 1.05. The molecule has 6 heteroatoms. The molecule has 2 N–H and O–H groups in total. The van der Waals surface area contributed by atoms with Gasteiger partial charge >= 0.3 is 6.03 Å². The Balaban J connectivity index is 1.60. The zero-order valence-corrected chi connectivity index (χ0v) is 17.9. The Morgan fingerprint density at radius 1 is 1.10 bits per heavy atom. The minimum Gasteiger partial charge on any atom is -0.493 e. The summed E-state index contributed by atoms with van der Waals surface area (Å²) in [6, 6.07) is 14.3. The molecule has 3 rings (SSSR count). The van der Waals surface area contributed by atoms with Crippen molar-refractivity contribution in [3.8, 4) is 5.75 Å². The zero-order valence-electron chi connectivity index (χ0n) is 17.9. The van der Waals surface area contributed by atoms with Crippen molar-refractivity contribution in [2.24, 2.45) is 5.92 Å². The van der Waals surface area contributed by atoms with E-state index in [9.17, 15) is 9.18 Å². The number of hydrogen-bond donors (Lipinski definition) is 2. The fourth-order valence-corrected chi connectivity index (χ4v) is 3.52. The quantitative estimate of drug-likeness (QED) is 0.678. The topological polar surface area (TPSA) is 53.6 Å². The van der Waals surface area contributed by atoms with Crippen LogP contribution in [-0.2, 0) is 13.1 Å². The van der Waals surface area contributed by atoms with Gasteiger partial charge in [0, 0.05) is 19.1 Å². The van der Waals surface area contributed by atoms with Gasteiger partial charge in [-0.1, -0.05) is 38.1 Å². The lowest BCUT2D eigenvalue weighted by Crippen LogP contribution is -2.49. The summed E-state index contributed by atoms with van der Waals surface area (Å²) in [5, 5.41) is 6.39. The fraction of sp³-hybridized carbons (Fsp3) is 0.458. The van der Waals surface area contributed by atoms with E-state index in [0.717, 1.165) is 42.8 Å². The maximum atomic E-state index is 13.3. The van der Waals surface area contributed by atoms with Crippen molar-refractivity contribution in [2.45, 2.75) is 45.8 Å². The van der Waals surface area contributed by atoms with Crippen molar-refractivity contribution in [1.29, 1.82) is 0 Å². The standard InChI is InChI=1S/C24H32FN3O2/c1-18(2)17-30-23-9-5-19(6-10-23)15-27-24(29)28(22-11-13-26-14-12-22)16-20-3-7-21(25)8-4-20/h3-10,18,22,26H,11-17H2,1-2H3,(H,27,29). The molecule has 2 amide bonds. The second kappa shape index (κ2) is 11.0. The molecule has 1 saturated heterocycles. The van der Waals surface area contributed by atoms with Crippen LogP contribution in [0.15, 0.2) is 48.5 Å². The second-order valence-electron chi connectivity index (χ2n) is 8.24. The van der Waals surface area contributed by atoms with E-state index in [0.29, 0.717) is 25.6 Å². The van der Waals surface area contributed by atoms with Crippen LogP contribution in [0.3, 0.4) is 0 Å². The lowest BCUT2D eigenvalue weighted by atomic mass is 10.0. The minimum atomic E-state index is -0.266. The lowest BCUT2D eigenvalue weighted by molar-refractivity contribution is 0.154. The van der Waals surface area contributed by atoms with E-state index in [1.807, 2.05) is 29.2 Å². The molecule has 1 fully saturated rings. The predicted octanol–water partition coefficient (Wildman–Crippen LogP) is 4.32. The third-order valence-corrected chi connectivity index (χ3v) is 5.23. The number of ether oxygens (including phenoxy) is 1. The summed E-state index contributed by atoms with van der Waals surface area (Å²) in [7, 11) is 0. The van der Waals surface area contributed by atoms with E-state index >= 15 is 0 Å². The smallest absolute Gasteiger partial charge is 0.318 e. The van der Waals surface area contributed by atoms with E-state index in [-0.39, 0.29) is 17.9 Å². The molecular weight excluding hydrogens is 381 g/mol. The van der Waals surface area contributed by atoms with Gasteiger partial charge in [-0.25, -0.2) is 9.18 Å². The minimum absolute atomic E-state index is 0.0913. The van der Waals surface area contributed by atoms with Crippen molar-refractivity contribution in [3.05, 3.63) is 65.5 Å². The van der Waals surface area contributed by atoms with Gasteiger partial charge in [-0.3, -0.25) is 0 Å². The molecule has 0 radical (unpaired) electrons. The first kappa shape index (κ1) is 22.1. The molecule has 0 aliphatic carbocycles. The average molecular weight is 414 g/mol. The van der Waals surface area contributed by atoms with Crippen molar-refractivity contribution in [2.75, 3.05) is 19.7 Å². The summed E-state index contributed by atoms with van der Waals surface area (Å²) in [6.45, 7) is 7.64. The Hall–Kier alpha value is -2.60. The van der Waals surface area contributed by atoms with Gasteiger partial charge in [0.2, 0.25) is 0 Å². The van der Waals surface area contributed by atoms with Gasteiger partial charge in [0.1, 0.15) is 11.6 Å². The molecular formula is C24H32FN3O2. The molecule has 0 bridgehead atoms. The molecule has 2 aromatic carbocycles. The largest absolute Gasteiger partial charge is 0.493 e. The molecule has 0 unspecified atom stereocenters. The lowest BCUT2D eigenvalue weighted by Gasteiger charge is -2.35. The maximum absolute atomic E-state index is 13.3. The van der Waals surface area contributed by atoms with Crippen LogP contribution in [0.2, 0.25) is 0 Å². The first-order valence-electron chi connectivity index (χ1n) is 10.7. The molecule has 1 aliphatic rings. The van der Waals surface area contributed by atoms with Crippen LogP contribution >= 0.6 is 0 Å². The van der Waals surface area contributed by atoms with Crippen molar-refractivity contribution >= 4 is 6.03 Å². The molecule has 0 aromatic heterocycles. The molecule has 0 atom stereocenters. The summed E-state index contributed by atoms with van der Waals surface area (Å²) < 4.78 is 19.0. The number of nitrogens with zero attached hydrogens (tertiary/aromatic N) is 1. The highest BCUT2D eigenvalue weighted by molar-refractivity contribution is 5.74. The zero-order chi connectivity index (χ0) is 21.3. The van der Waals surface area contributed by atoms with Gasteiger partial charge in [-0.05, 0) is 67.2 Å². The van der Waals surface area contributed by atoms with E-state index in [1.54, 1.807) is 12.1 Å². The Kier molecular flexibility index (Phi) is 8.08. The molecule has 30 heavy (non-hydrogen) atoms. The number of carbonyl (C=O) groups excluding carboxylic acids is 1. The Morgan fingerprint density at radius 2 is 1.73 bits per heavy atom. The van der Waals surface area contributed by atoms with Crippen molar-refractivity contribution in [3.63, 3.8) is 0 Å². The number of piperidine rings is 1. The number of benzene rings is 2. The average Bonchev–Trinajstić information content (AvgIpc) is 2.77. The van der Waals surface area contributed by atoms with Gasteiger partial charge in [0.05, 0.1) is 6.61 Å². The molecule has 0 spiro atoms. The van der Waals surface area contributed by atoms with Crippen molar-refractivity contribution < 1.29 is 13.9 Å². The first-order chi connectivity index (χ1) is 14.5. The molecule has 2 aromatic rings. The fourth-order valence-electron chi connectivity index (χ4n) is 3.52. The van der Waals surface area contributed by atoms with E-state index < -0.39 is 0 Å². The summed E-state index contributed by atoms with van der Waals surface area (Å²) >= 11 is 0. The number of nitrogens with one attached hydrogen (secondary N) is 2. The highest BCUT2D eigenvalue weighted by Gasteiger charge is 2.25. The van der Waals surface area contributed by atoms with Crippen molar-refractivity contribution in [1.82, 2.24) is 15.5 Å². The van der Waals surface area contributed by atoms with E-state index in [1.165, 1.54) is 12.1 Å². The van der Waals surface area contributed by atoms with Gasteiger partial charge < -0.3 is 20.3 Å². The molecule has 5 nitrogen and oxygen atoms in total. The van der Waals surface area contributed by atoms with E-state index in [2.05, 4.69) is 24.5 Å². The number of urea groups is 1. The third kappa shape index (κ3) is 6.73. The van der Waals surface area contributed by atoms with Crippen LogP contribution < -0.4 is 15.4 Å². The SMILES string of the molecule is CC(C)COc1ccc(CNC(=O)N(Cc2ccc(F)cc2)C2CCNCC2)cc1. The molecule has 1 heterocycles. The van der Waals surface area contributed by atoms with Crippen LogP contribution in [0, 0.1) is 11.7 Å². The number of halogens is 1. The van der Waals surface area contributed by atoms with Crippen LogP contribution in [0.4, 0.5) is 9.18 Å². The second-order valence-corrected chi connectivity index (χ2v) is 8.24. The van der Waals surface area contributed by atoms with Gasteiger partial charge in [0.25, 0.3) is 0 Å². The number of carbonyl (C=O) groups is 1. The third-order valence-electron chi connectivity index (χ3n) is 5.23. The molecule has 1 aliphatic heterocycles. The van der Waals surface area contributed by atoms with Crippen LogP contribution in [0.5, 0.6) is 5.75 Å². The van der Waals surface area contributed by atoms with Gasteiger partial charge in [-0.15, -0.1) is 0 Å². The first-order valence-corrected chi connectivity index (χ1v) is 10.7. The van der Waals surface area contributed by atoms with Gasteiger partial charge in [-0.2, -0.15) is 0 Å². The van der Waals surface area contributed by atoms with Gasteiger partial charge in [0.15, 0.2) is 0 Å². The molecule has 0 saturated carbocycles. The Morgan fingerprint density at radius 3 is 2.37 bits per heavy atom. The normalized spacial score (nSPS) is 14.5. The van der Waals surface area contributed by atoms with Crippen LogP contribution in [0.1, 0.15) is 37.8 Å². The van der Waals surface area contributed by atoms with Crippen LogP contribution in [-0.4, -0.2) is 36.7 Å².